The molecule has 0 spiro atoms. The molecule has 6 heteroatoms. The molecule has 0 aromatic carbocycles. The predicted molar refractivity (Wildman–Crippen MR) is 58.8 cm³/mol. The number of nitro groups is 1. The van der Waals surface area contributed by atoms with Crippen molar-refractivity contribution in [3.8, 4) is 0 Å². The molecule has 15 heavy (non-hydrogen) atoms. The van der Waals surface area contributed by atoms with E-state index in [1.54, 1.807) is 5.38 Å². The summed E-state index contributed by atoms with van der Waals surface area (Å²) >= 11 is 1.05. The Kier molecular flexibility index (Phi) is 3.43. The van der Waals surface area contributed by atoms with Crippen molar-refractivity contribution in [3.63, 3.8) is 0 Å². The van der Waals surface area contributed by atoms with Gasteiger partial charge in [-0.05, 0) is 5.56 Å². The fourth-order valence-electron chi connectivity index (χ4n) is 1.15. The van der Waals surface area contributed by atoms with Crippen molar-refractivity contribution in [1.82, 2.24) is 0 Å². The quantitative estimate of drug-likeness (QED) is 0.608. The number of nitrogens with zero attached hydrogens (tertiary/aromatic N) is 1. The van der Waals surface area contributed by atoms with Crippen LogP contribution in [-0.2, 0) is 0 Å². The molecule has 1 aromatic heterocycles. The summed E-state index contributed by atoms with van der Waals surface area (Å²) in [7, 11) is 0. The van der Waals surface area contributed by atoms with Gasteiger partial charge in [-0.15, -0.1) is 0 Å². The third kappa shape index (κ3) is 2.53. The van der Waals surface area contributed by atoms with E-state index in [1.807, 2.05) is 13.8 Å². The van der Waals surface area contributed by atoms with Gasteiger partial charge < -0.3 is 10.8 Å². The third-order valence-electron chi connectivity index (χ3n) is 2.39. The van der Waals surface area contributed by atoms with E-state index < -0.39 is 16.4 Å². The van der Waals surface area contributed by atoms with E-state index in [4.69, 9.17) is 10.8 Å². The van der Waals surface area contributed by atoms with Crippen molar-refractivity contribution in [3.05, 3.63) is 27.1 Å². The van der Waals surface area contributed by atoms with Gasteiger partial charge in [0.1, 0.15) is 0 Å². The monoisotopic (exact) mass is 230 g/mol. The van der Waals surface area contributed by atoms with Gasteiger partial charge in [0.2, 0.25) is 0 Å². The highest BCUT2D eigenvalue weighted by Gasteiger charge is 2.28. The van der Waals surface area contributed by atoms with Gasteiger partial charge in [-0.2, -0.15) is 0 Å². The first kappa shape index (κ1) is 12.1. The molecule has 3 N–H and O–H groups in total. The molecule has 1 aromatic rings. The lowest BCUT2D eigenvalue weighted by Gasteiger charge is -2.28. The number of hydrogen-bond acceptors (Lipinski definition) is 5. The van der Waals surface area contributed by atoms with Crippen LogP contribution in [0.4, 0.5) is 5.00 Å². The number of aliphatic hydroxyl groups is 1. The molecule has 0 bridgehead atoms. The minimum Gasteiger partial charge on any atom is -0.396 e. The Morgan fingerprint density at radius 3 is 2.73 bits per heavy atom. The lowest BCUT2D eigenvalue weighted by Crippen LogP contribution is -2.32. The van der Waals surface area contributed by atoms with E-state index in [-0.39, 0.29) is 11.6 Å². The molecule has 5 nitrogen and oxygen atoms in total. The van der Waals surface area contributed by atoms with Crippen LogP contribution in [0.3, 0.4) is 0 Å². The molecule has 0 aliphatic heterocycles. The van der Waals surface area contributed by atoms with Crippen LogP contribution in [0.25, 0.3) is 0 Å². The Bertz CT molecular complexity index is 362. The van der Waals surface area contributed by atoms with Gasteiger partial charge in [0.05, 0.1) is 4.92 Å². The summed E-state index contributed by atoms with van der Waals surface area (Å²) in [6.07, 6.45) is 0. The Labute approximate surface area is 91.7 Å². The van der Waals surface area contributed by atoms with Gasteiger partial charge >= 0.3 is 5.00 Å². The summed E-state index contributed by atoms with van der Waals surface area (Å²) in [6.45, 7) is 3.58. The zero-order valence-electron chi connectivity index (χ0n) is 8.64. The van der Waals surface area contributed by atoms with E-state index in [9.17, 15) is 10.1 Å². The highest BCUT2D eigenvalue weighted by Crippen LogP contribution is 2.35. The van der Waals surface area contributed by atoms with E-state index >= 15 is 0 Å². The van der Waals surface area contributed by atoms with Crippen molar-refractivity contribution < 1.29 is 10.0 Å². The van der Waals surface area contributed by atoms with Gasteiger partial charge in [0, 0.05) is 29.5 Å². The molecular formula is C9H14N2O3S. The highest BCUT2D eigenvalue weighted by atomic mass is 32.1. The Balaban J connectivity index is 2.92. The van der Waals surface area contributed by atoms with E-state index in [1.165, 1.54) is 6.07 Å². The van der Waals surface area contributed by atoms with Gasteiger partial charge in [-0.1, -0.05) is 25.2 Å². The standard InChI is InChI=1S/C9H14N2O3S/c1-9(2,5-12)8(10)6-3-7(11(13)14)15-4-6/h3-4,8,12H,5,10H2,1-2H3/t8-/m0/s1. The van der Waals surface area contributed by atoms with Gasteiger partial charge in [-0.25, -0.2) is 0 Å². The largest absolute Gasteiger partial charge is 0.396 e. The van der Waals surface area contributed by atoms with Crippen LogP contribution in [-0.4, -0.2) is 16.6 Å². The average Bonchev–Trinajstić information content (AvgIpc) is 2.65. The summed E-state index contributed by atoms with van der Waals surface area (Å²) in [5.74, 6) is 0. The molecular weight excluding hydrogens is 216 g/mol. The molecule has 1 rings (SSSR count). The first-order chi connectivity index (χ1) is 6.88. The molecule has 1 heterocycles. The fourth-order valence-corrected chi connectivity index (χ4v) is 1.91. The number of aliphatic hydroxyl groups excluding tert-OH is 1. The van der Waals surface area contributed by atoms with Crippen molar-refractivity contribution in [2.24, 2.45) is 11.1 Å². The first-order valence-electron chi connectivity index (χ1n) is 4.48. The Morgan fingerprint density at radius 2 is 2.33 bits per heavy atom. The van der Waals surface area contributed by atoms with Crippen LogP contribution in [0.1, 0.15) is 25.5 Å². The minimum atomic E-state index is -0.477. The van der Waals surface area contributed by atoms with Crippen LogP contribution < -0.4 is 5.73 Å². The van der Waals surface area contributed by atoms with Crippen LogP contribution in [0, 0.1) is 15.5 Å². The minimum absolute atomic E-state index is 0.0577. The molecule has 0 radical (unpaired) electrons. The van der Waals surface area contributed by atoms with Crippen LogP contribution >= 0.6 is 11.3 Å². The second-order valence-electron chi connectivity index (χ2n) is 4.10. The summed E-state index contributed by atoms with van der Waals surface area (Å²) < 4.78 is 0. The molecule has 0 saturated carbocycles. The zero-order valence-corrected chi connectivity index (χ0v) is 9.45. The molecule has 0 fully saturated rings. The van der Waals surface area contributed by atoms with Crippen LogP contribution in [0.15, 0.2) is 11.4 Å². The number of hydrogen-bond donors (Lipinski definition) is 2. The first-order valence-corrected chi connectivity index (χ1v) is 5.35. The average molecular weight is 230 g/mol. The second-order valence-corrected chi connectivity index (χ2v) is 4.99. The van der Waals surface area contributed by atoms with Gasteiger partial charge in [0.15, 0.2) is 0 Å². The fraction of sp³-hybridized carbons (Fsp3) is 0.556. The van der Waals surface area contributed by atoms with Crippen LogP contribution in [0.5, 0.6) is 0 Å². The van der Waals surface area contributed by atoms with Crippen molar-refractivity contribution in [2.45, 2.75) is 19.9 Å². The maximum Gasteiger partial charge on any atom is 0.324 e. The number of rotatable bonds is 4. The van der Waals surface area contributed by atoms with E-state index in [2.05, 4.69) is 0 Å². The van der Waals surface area contributed by atoms with Crippen molar-refractivity contribution in [2.75, 3.05) is 6.61 Å². The summed E-state index contributed by atoms with van der Waals surface area (Å²) in [4.78, 5) is 10.0. The van der Waals surface area contributed by atoms with Crippen LogP contribution in [0.2, 0.25) is 0 Å². The molecule has 0 saturated heterocycles. The topological polar surface area (TPSA) is 89.4 Å². The third-order valence-corrected chi connectivity index (χ3v) is 3.29. The molecule has 0 unspecified atom stereocenters. The maximum atomic E-state index is 10.5. The van der Waals surface area contributed by atoms with Crippen molar-refractivity contribution in [1.29, 1.82) is 0 Å². The van der Waals surface area contributed by atoms with E-state index in [0.29, 0.717) is 5.56 Å². The lowest BCUT2D eigenvalue weighted by atomic mass is 9.83. The van der Waals surface area contributed by atoms with Crippen molar-refractivity contribution >= 4 is 16.3 Å². The van der Waals surface area contributed by atoms with E-state index in [0.717, 1.165) is 11.3 Å². The lowest BCUT2D eigenvalue weighted by molar-refractivity contribution is -0.380. The maximum absolute atomic E-state index is 10.5. The second kappa shape index (κ2) is 4.26. The SMILES string of the molecule is CC(C)(CO)[C@@H](N)c1csc([N+](=O)[O-])c1. The molecule has 0 amide bonds. The van der Waals surface area contributed by atoms with Gasteiger partial charge in [-0.3, -0.25) is 10.1 Å². The smallest absolute Gasteiger partial charge is 0.324 e. The highest BCUT2D eigenvalue weighted by molar-refractivity contribution is 7.13. The molecule has 84 valence electrons. The molecule has 1 atom stereocenters. The molecule has 0 aliphatic carbocycles. The summed E-state index contributed by atoms with van der Waals surface area (Å²) in [5, 5.41) is 21.4. The molecule has 0 aliphatic rings. The Morgan fingerprint density at radius 1 is 1.73 bits per heavy atom. The summed E-state index contributed by atoms with van der Waals surface area (Å²) in [6, 6.07) is 1.07. The number of thiophene rings is 1. The Hall–Kier alpha value is -0.980. The predicted octanol–water partition coefficient (Wildman–Crippen LogP) is 1.67. The number of nitrogens with two attached hydrogens (primary N) is 1. The normalized spacial score (nSPS) is 13.9. The zero-order chi connectivity index (χ0) is 11.6. The summed E-state index contributed by atoms with van der Waals surface area (Å²) in [5.41, 5.74) is 6.14. The van der Waals surface area contributed by atoms with Gasteiger partial charge in [0.25, 0.3) is 0 Å².